The summed E-state index contributed by atoms with van der Waals surface area (Å²) in [6.07, 6.45) is 0.779. The number of rotatable bonds is 3. The number of fused-ring (bicyclic) bond motifs is 3. The highest BCUT2D eigenvalue weighted by molar-refractivity contribution is 6.39. The minimum atomic E-state index is -0.590. The minimum Gasteiger partial charge on any atom is -0.409 e. The molecule has 2 atom stereocenters. The first-order chi connectivity index (χ1) is 15.8. The van der Waals surface area contributed by atoms with E-state index in [1.807, 2.05) is 18.2 Å². The molecule has 0 radical (unpaired) electrons. The predicted molar refractivity (Wildman–Crippen MR) is 131 cm³/mol. The summed E-state index contributed by atoms with van der Waals surface area (Å²) in [5, 5.41) is 5.62. The van der Waals surface area contributed by atoms with E-state index in [0.29, 0.717) is 46.7 Å². The SMILES string of the molecule is CN1CC[C@@]2(C)c3cc(OC(=O)NN4CCN=C4Nc4c(Cl)cccc4Cl)ccc3N(C)[C@@H]12. The zero-order valence-corrected chi connectivity index (χ0v) is 20.2. The van der Waals surface area contributed by atoms with Gasteiger partial charge < -0.3 is 15.0 Å². The molecule has 0 spiro atoms. The summed E-state index contributed by atoms with van der Waals surface area (Å²) >= 11 is 12.5. The van der Waals surface area contributed by atoms with E-state index < -0.39 is 6.09 Å². The van der Waals surface area contributed by atoms with Crippen LogP contribution in [0.4, 0.5) is 16.2 Å². The second-order valence-corrected chi connectivity index (χ2v) is 9.71. The fourth-order valence-electron chi connectivity index (χ4n) is 5.25. The molecule has 0 aliphatic carbocycles. The third-order valence-corrected chi connectivity index (χ3v) is 7.41. The van der Waals surface area contributed by atoms with Crippen LogP contribution in [-0.4, -0.2) is 61.9 Å². The molecule has 0 bridgehead atoms. The van der Waals surface area contributed by atoms with Gasteiger partial charge in [0.15, 0.2) is 0 Å². The maximum Gasteiger partial charge on any atom is 0.431 e. The van der Waals surface area contributed by atoms with Crippen molar-refractivity contribution in [3.05, 3.63) is 52.0 Å². The van der Waals surface area contributed by atoms with Crippen molar-refractivity contribution in [1.82, 2.24) is 15.3 Å². The Hall–Kier alpha value is -2.68. The Bertz CT molecular complexity index is 1120. The summed E-state index contributed by atoms with van der Waals surface area (Å²) in [5.74, 6) is 0.956. The van der Waals surface area contributed by atoms with Gasteiger partial charge in [-0.3, -0.25) is 4.90 Å². The lowest BCUT2D eigenvalue weighted by Crippen LogP contribution is -2.48. The number of carbonyl (C=O) groups excluding carboxylic acids is 1. The Morgan fingerprint density at radius 3 is 2.70 bits per heavy atom. The Kier molecular flexibility index (Phi) is 5.55. The molecule has 10 heteroatoms. The zero-order valence-electron chi connectivity index (χ0n) is 18.7. The summed E-state index contributed by atoms with van der Waals surface area (Å²) in [7, 11) is 4.28. The number of nitrogens with one attached hydrogen (secondary N) is 2. The van der Waals surface area contributed by atoms with Gasteiger partial charge in [-0.05, 0) is 49.4 Å². The molecular formula is C23H26Cl2N6O2. The van der Waals surface area contributed by atoms with Crippen LogP contribution in [0.3, 0.4) is 0 Å². The normalized spacial score (nSPS) is 23.9. The number of amides is 1. The number of hydrogen-bond acceptors (Lipinski definition) is 7. The number of carbonyl (C=O) groups is 1. The fraction of sp³-hybridized carbons (Fsp3) is 0.391. The number of aliphatic imine (C=N–C) groups is 1. The molecule has 1 saturated heterocycles. The average Bonchev–Trinajstić information content (AvgIpc) is 3.39. The standard InChI is InChI=1S/C23H26Cl2N6O2/c1-23-9-11-29(2)20(23)30(3)18-8-7-14(13-15(18)23)33-22(32)28-31-12-10-26-21(31)27-19-16(24)5-4-6-17(19)25/h4-8,13,20H,9-12H2,1-3H3,(H,26,27)(H,28,32)/t20-,23+/m1/s1. The van der Waals surface area contributed by atoms with E-state index >= 15 is 0 Å². The van der Waals surface area contributed by atoms with Crippen LogP contribution >= 0.6 is 23.2 Å². The second-order valence-electron chi connectivity index (χ2n) is 8.89. The highest BCUT2D eigenvalue weighted by Crippen LogP contribution is 2.51. The molecule has 8 nitrogen and oxygen atoms in total. The fourth-order valence-corrected chi connectivity index (χ4v) is 5.74. The Morgan fingerprint density at radius 2 is 1.94 bits per heavy atom. The summed E-state index contributed by atoms with van der Waals surface area (Å²) in [5.41, 5.74) is 5.68. The number of likely N-dealkylation sites (N-methyl/N-ethyl adjacent to an activating group) is 2. The number of likely N-dealkylation sites (tertiary alicyclic amines) is 1. The van der Waals surface area contributed by atoms with Crippen molar-refractivity contribution in [2.45, 2.75) is 24.9 Å². The minimum absolute atomic E-state index is 0.00159. The van der Waals surface area contributed by atoms with Crippen molar-refractivity contribution in [2.24, 2.45) is 4.99 Å². The van der Waals surface area contributed by atoms with E-state index in [0.717, 1.165) is 13.0 Å². The van der Waals surface area contributed by atoms with Gasteiger partial charge in [0.05, 0.1) is 35.0 Å². The van der Waals surface area contributed by atoms with Gasteiger partial charge in [-0.1, -0.05) is 36.2 Å². The third-order valence-electron chi connectivity index (χ3n) is 6.78. The second kappa shape index (κ2) is 8.27. The van der Waals surface area contributed by atoms with Crippen molar-refractivity contribution in [1.29, 1.82) is 0 Å². The molecule has 5 rings (SSSR count). The summed E-state index contributed by atoms with van der Waals surface area (Å²) in [6, 6.07) is 11.1. The maximum atomic E-state index is 12.7. The molecule has 2 aromatic rings. The molecule has 0 unspecified atom stereocenters. The summed E-state index contributed by atoms with van der Waals surface area (Å²) in [4.78, 5) is 21.8. The largest absolute Gasteiger partial charge is 0.431 e. The molecular weight excluding hydrogens is 463 g/mol. The Labute approximate surface area is 203 Å². The van der Waals surface area contributed by atoms with Gasteiger partial charge >= 0.3 is 6.09 Å². The van der Waals surface area contributed by atoms with Gasteiger partial charge in [-0.15, -0.1) is 0 Å². The van der Waals surface area contributed by atoms with Gasteiger partial charge in [0.1, 0.15) is 5.75 Å². The van der Waals surface area contributed by atoms with Crippen LogP contribution in [0.15, 0.2) is 41.4 Å². The number of benzene rings is 2. The average molecular weight is 489 g/mol. The number of ether oxygens (including phenoxy) is 1. The number of hydrazine groups is 1. The van der Waals surface area contributed by atoms with E-state index in [1.165, 1.54) is 11.3 Å². The van der Waals surface area contributed by atoms with Crippen molar-refractivity contribution < 1.29 is 9.53 Å². The van der Waals surface area contributed by atoms with Crippen LogP contribution in [0, 0.1) is 0 Å². The molecule has 1 fully saturated rings. The molecule has 0 saturated carbocycles. The molecule has 2 aromatic carbocycles. The van der Waals surface area contributed by atoms with Crippen LogP contribution in [-0.2, 0) is 5.41 Å². The molecule has 33 heavy (non-hydrogen) atoms. The van der Waals surface area contributed by atoms with Gasteiger partial charge in [0.25, 0.3) is 0 Å². The van der Waals surface area contributed by atoms with Crippen LogP contribution in [0.5, 0.6) is 5.75 Å². The van der Waals surface area contributed by atoms with Crippen LogP contribution in [0.25, 0.3) is 0 Å². The lowest BCUT2D eigenvalue weighted by atomic mass is 9.81. The molecule has 3 aliphatic rings. The van der Waals surface area contributed by atoms with Crippen molar-refractivity contribution in [2.75, 3.05) is 43.9 Å². The smallest absolute Gasteiger partial charge is 0.409 e. The van der Waals surface area contributed by atoms with Gasteiger partial charge in [-0.2, -0.15) is 0 Å². The maximum absolute atomic E-state index is 12.7. The summed E-state index contributed by atoms with van der Waals surface area (Å²) < 4.78 is 5.64. The van der Waals surface area contributed by atoms with Gasteiger partial charge in [0.2, 0.25) is 5.96 Å². The van der Waals surface area contributed by atoms with Crippen molar-refractivity contribution >= 4 is 46.6 Å². The summed E-state index contributed by atoms with van der Waals surface area (Å²) in [6.45, 7) is 4.34. The number of para-hydroxylation sites is 1. The van der Waals surface area contributed by atoms with E-state index in [-0.39, 0.29) is 5.41 Å². The quantitative estimate of drug-likeness (QED) is 0.675. The first-order valence-corrected chi connectivity index (χ1v) is 11.6. The van der Waals surface area contributed by atoms with E-state index in [2.05, 4.69) is 46.6 Å². The number of anilines is 2. The zero-order chi connectivity index (χ0) is 23.3. The monoisotopic (exact) mass is 488 g/mol. The number of guanidine groups is 1. The predicted octanol–water partition coefficient (Wildman–Crippen LogP) is 4.15. The Balaban J connectivity index is 1.28. The first kappa shape index (κ1) is 22.1. The highest BCUT2D eigenvalue weighted by Gasteiger charge is 2.52. The molecule has 2 N–H and O–H groups in total. The number of halogens is 2. The molecule has 1 amide bonds. The third kappa shape index (κ3) is 3.76. The van der Waals surface area contributed by atoms with E-state index in [9.17, 15) is 4.79 Å². The van der Waals surface area contributed by atoms with Crippen molar-refractivity contribution in [3.63, 3.8) is 0 Å². The van der Waals surface area contributed by atoms with Gasteiger partial charge in [-0.25, -0.2) is 20.2 Å². The molecule has 174 valence electrons. The number of nitrogens with zero attached hydrogens (tertiary/aromatic N) is 4. The van der Waals surface area contributed by atoms with Crippen LogP contribution < -0.4 is 20.4 Å². The number of hydrogen-bond donors (Lipinski definition) is 2. The van der Waals surface area contributed by atoms with Crippen molar-refractivity contribution in [3.8, 4) is 5.75 Å². The lowest BCUT2D eigenvalue weighted by molar-refractivity contribution is 0.178. The molecule has 3 aliphatic heterocycles. The topological polar surface area (TPSA) is 72.4 Å². The molecule has 3 heterocycles. The first-order valence-electron chi connectivity index (χ1n) is 10.9. The Morgan fingerprint density at radius 1 is 1.18 bits per heavy atom. The van der Waals surface area contributed by atoms with E-state index in [4.69, 9.17) is 27.9 Å². The van der Waals surface area contributed by atoms with E-state index in [1.54, 1.807) is 23.2 Å². The highest BCUT2D eigenvalue weighted by atomic mass is 35.5. The molecule has 0 aromatic heterocycles. The van der Waals surface area contributed by atoms with Crippen LogP contribution in [0.2, 0.25) is 10.0 Å². The van der Waals surface area contributed by atoms with Gasteiger partial charge in [0, 0.05) is 24.7 Å². The van der Waals surface area contributed by atoms with Crippen LogP contribution in [0.1, 0.15) is 18.9 Å². The lowest BCUT2D eigenvalue weighted by Gasteiger charge is -2.32.